The summed E-state index contributed by atoms with van der Waals surface area (Å²) >= 11 is 0. The molecule has 122 valence electrons. The lowest BCUT2D eigenvalue weighted by molar-refractivity contribution is -0.131. The molecule has 3 rings (SSSR count). The van der Waals surface area contributed by atoms with Crippen molar-refractivity contribution in [2.75, 3.05) is 19.6 Å². The first-order valence-electron chi connectivity index (χ1n) is 7.76. The average Bonchev–Trinajstić information content (AvgIpc) is 2.87. The summed E-state index contributed by atoms with van der Waals surface area (Å²) in [4.78, 5) is 34.0. The molecular formula is C15H20N6O2. The van der Waals surface area contributed by atoms with E-state index < -0.39 is 0 Å². The van der Waals surface area contributed by atoms with Crippen LogP contribution in [0.25, 0.3) is 5.78 Å². The van der Waals surface area contributed by atoms with E-state index in [-0.39, 0.29) is 11.8 Å². The van der Waals surface area contributed by atoms with Crippen molar-refractivity contribution < 1.29 is 9.59 Å². The van der Waals surface area contributed by atoms with Crippen molar-refractivity contribution in [3.8, 4) is 0 Å². The van der Waals surface area contributed by atoms with Gasteiger partial charge >= 0.3 is 0 Å². The highest BCUT2D eigenvalue weighted by molar-refractivity contribution is 5.80. The predicted molar refractivity (Wildman–Crippen MR) is 82.8 cm³/mol. The van der Waals surface area contributed by atoms with Crippen LogP contribution in [-0.4, -0.2) is 55.9 Å². The molecule has 1 fully saturated rings. The maximum absolute atomic E-state index is 12.4. The molecule has 0 saturated carbocycles. The van der Waals surface area contributed by atoms with E-state index in [1.165, 1.54) is 6.33 Å². The Labute approximate surface area is 133 Å². The number of amides is 2. The van der Waals surface area contributed by atoms with Crippen LogP contribution in [0, 0.1) is 13.8 Å². The molecule has 2 aromatic rings. The third-order valence-electron chi connectivity index (χ3n) is 4.24. The first-order chi connectivity index (χ1) is 11.1. The van der Waals surface area contributed by atoms with Crippen LogP contribution in [0.1, 0.15) is 29.8 Å². The van der Waals surface area contributed by atoms with E-state index in [0.717, 1.165) is 17.0 Å². The molecule has 2 aromatic heterocycles. The Morgan fingerprint density at radius 3 is 3.00 bits per heavy atom. The number of aromatic nitrogens is 4. The molecule has 0 radical (unpaired) electrons. The first-order valence-corrected chi connectivity index (χ1v) is 7.76. The highest BCUT2D eigenvalue weighted by Crippen LogP contribution is 2.15. The topological polar surface area (TPSA) is 92.5 Å². The smallest absolute Gasteiger partial charge is 0.252 e. The van der Waals surface area contributed by atoms with Crippen LogP contribution in [0.3, 0.4) is 0 Å². The predicted octanol–water partition coefficient (Wildman–Crippen LogP) is 0.0222. The SMILES string of the molecule is Cc1nc2ncnn2c(C)c1CCC(=O)N1CCNC(=O)CC1. The Hall–Kier alpha value is -2.51. The molecule has 0 bridgehead atoms. The Kier molecular flexibility index (Phi) is 4.22. The molecule has 0 spiro atoms. The zero-order valence-electron chi connectivity index (χ0n) is 13.4. The summed E-state index contributed by atoms with van der Waals surface area (Å²) in [5.41, 5.74) is 2.87. The fourth-order valence-corrected chi connectivity index (χ4v) is 2.92. The minimum absolute atomic E-state index is 0.00724. The monoisotopic (exact) mass is 316 g/mol. The number of carbonyl (C=O) groups excluding carboxylic acids is 2. The second kappa shape index (κ2) is 6.31. The van der Waals surface area contributed by atoms with E-state index >= 15 is 0 Å². The Bertz CT molecular complexity index is 754. The number of rotatable bonds is 3. The molecule has 0 aromatic carbocycles. The fourth-order valence-electron chi connectivity index (χ4n) is 2.92. The van der Waals surface area contributed by atoms with Gasteiger partial charge in [0, 0.05) is 43.9 Å². The van der Waals surface area contributed by atoms with Gasteiger partial charge in [0.15, 0.2) is 0 Å². The number of aryl methyl sites for hydroxylation is 2. The van der Waals surface area contributed by atoms with Crippen LogP contribution >= 0.6 is 0 Å². The molecule has 0 atom stereocenters. The van der Waals surface area contributed by atoms with Crippen LogP contribution in [0.2, 0.25) is 0 Å². The van der Waals surface area contributed by atoms with Crippen LogP contribution in [0.4, 0.5) is 0 Å². The molecule has 23 heavy (non-hydrogen) atoms. The fraction of sp³-hybridized carbons (Fsp3) is 0.533. The van der Waals surface area contributed by atoms with Gasteiger partial charge in [0.25, 0.3) is 5.78 Å². The van der Waals surface area contributed by atoms with E-state index in [0.29, 0.717) is 44.7 Å². The van der Waals surface area contributed by atoms with Crippen LogP contribution in [0.15, 0.2) is 6.33 Å². The molecule has 0 aliphatic carbocycles. The molecule has 8 heteroatoms. The minimum Gasteiger partial charge on any atom is -0.354 e. The van der Waals surface area contributed by atoms with Gasteiger partial charge in [0.05, 0.1) is 0 Å². The Morgan fingerprint density at radius 1 is 1.35 bits per heavy atom. The zero-order chi connectivity index (χ0) is 16.4. The molecule has 2 amide bonds. The van der Waals surface area contributed by atoms with Gasteiger partial charge in [-0.2, -0.15) is 10.1 Å². The Morgan fingerprint density at radius 2 is 2.17 bits per heavy atom. The first kappa shape index (κ1) is 15.4. The normalized spacial score (nSPS) is 15.6. The van der Waals surface area contributed by atoms with Gasteiger partial charge in [-0.05, 0) is 25.8 Å². The molecule has 1 saturated heterocycles. The van der Waals surface area contributed by atoms with E-state index in [9.17, 15) is 9.59 Å². The van der Waals surface area contributed by atoms with Gasteiger partial charge in [-0.25, -0.2) is 9.50 Å². The summed E-state index contributed by atoms with van der Waals surface area (Å²) in [5, 5.41) is 6.94. The van der Waals surface area contributed by atoms with Crippen molar-refractivity contribution in [2.45, 2.75) is 33.1 Å². The van der Waals surface area contributed by atoms with Crippen LogP contribution in [0.5, 0.6) is 0 Å². The van der Waals surface area contributed by atoms with Crippen molar-refractivity contribution in [1.29, 1.82) is 0 Å². The summed E-state index contributed by atoms with van der Waals surface area (Å²) < 4.78 is 1.70. The van der Waals surface area contributed by atoms with Gasteiger partial charge in [0.1, 0.15) is 6.33 Å². The molecule has 0 unspecified atom stereocenters. The van der Waals surface area contributed by atoms with E-state index in [1.807, 2.05) is 13.8 Å². The number of nitrogens with zero attached hydrogens (tertiary/aromatic N) is 5. The van der Waals surface area contributed by atoms with Gasteiger partial charge in [-0.1, -0.05) is 0 Å². The largest absolute Gasteiger partial charge is 0.354 e. The number of hydrogen-bond donors (Lipinski definition) is 1. The van der Waals surface area contributed by atoms with Gasteiger partial charge in [-0.3, -0.25) is 9.59 Å². The lowest BCUT2D eigenvalue weighted by atomic mass is 10.1. The Balaban J connectivity index is 1.70. The van der Waals surface area contributed by atoms with Crippen molar-refractivity contribution in [1.82, 2.24) is 29.8 Å². The number of nitrogens with one attached hydrogen (secondary N) is 1. The molecule has 1 N–H and O–H groups in total. The minimum atomic E-state index is 0.00724. The van der Waals surface area contributed by atoms with Crippen molar-refractivity contribution >= 4 is 17.6 Å². The summed E-state index contributed by atoms with van der Waals surface area (Å²) in [6.07, 6.45) is 2.86. The lowest BCUT2D eigenvalue weighted by Gasteiger charge is -2.20. The van der Waals surface area contributed by atoms with E-state index in [4.69, 9.17) is 0 Å². The summed E-state index contributed by atoms with van der Waals surface area (Å²) in [7, 11) is 0. The third kappa shape index (κ3) is 3.15. The maximum atomic E-state index is 12.4. The molecule has 3 heterocycles. The lowest BCUT2D eigenvalue weighted by Crippen LogP contribution is -2.34. The standard InChI is InChI=1S/C15H20N6O2/c1-10-12(11(2)21-15(19-10)17-9-18-21)3-4-14(23)20-7-5-13(22)16-6-8-20/h9H,3-8H2,1-2H3,(H,16,22). The zero-order valence-corrected chi connectivity index (χ0v) is 13.4. The molecule has 1 aliphatic heterocycles. The van der Waals surface area contributed by atoms with Crippen molar-refractivity contribution in [2.24, 2.45) is 0 Å². The highest BCUT2D eigenvalue weighted by atomic mass is 16.2. The van der Waals surface area contributed by atoms with Crippen molar-refractivity contribution in [3.63, 3.8) is 0 Å². The quantitative estimate of drug-likeness (QED) is 0.862. The van der Waals surface area contributed by atoms with E-state index in [1.54, 1.807) is 9.42 Å². The number of carbonyl (C=O) groups is 2. The van der Waals surface area contributed by atoms with Crippen LogP contribution < -0.4 is 5.32 Å². The third-order valence-corrected chi connectivity index (χ3v) is 4.24. The van der Waals surface area contributed by atoms with Gasteiger partial charge in [0.2, 0.25) is 11.8 Å². The summed E-state index contributed by atoms with van der Waals surface area (Å²) in [5.74, 6) is 0.652. The van der Waals surface area contributed by atoms with Crippen molar-refractivity contribution in [3.05, 3.63) is 23.3 Å². The summed E-state index contributed by atoms with van der Waals surface area (Å²) in [6.45, 7) is 5.47. The van der Waals surface area contributed by atoms with Crippen LogP contribution in [-0.2, 0) is 16.0 Å². The number of fused-ring (bicyclic) bond motifs is 1. The van der Waals surface area contributed by atoms with Gasteiger partial charge < -0.3 is 10.2 Å². The second-order valence-corrected chi connectivity index (χ2v) is 5.71. The molecule has 8 nitrogen and oxygen atoms in total. The molecular weight excluding hydrogens is 296 g/mol. The number of hydrogen-bond acceptors (Lipinski definition) is 5. The summed E-state index contributed by atoms with van der Waals surface area (Å²) in [6, 6.07) is 0. The average molecular weight is 316 g/mol. The van der Waals surface area contributed by atoms with E-state index in [2.05, 4.69) is 20.4 Å². The highest BCUT2D eigenvalue weighted by Gasteiger charge is 2.19. The second-order valence-electron chi connectivity index (χ2n) is 5.71. The molecule has 1 aliphatic rings. The maximum Gasteiger partial charge on any atom is 0.252 e. The van der Waals surface area contributed by atoms with Gasteiger partial charge in [-0.15, -0.1) is 0 Å².